The molecule has 84 valence electrons. The summed E-state index contributed by atoms with van der Waals surface area (Å²) in [7, 11) is 0. The molecule has 0 atom stereocenters. The standard InChI is InChI=1S/C13H21NO/c1-11(2)9-15-10-13-5-3-12(4-6-13)7-8-14/h3-6,11H,7-10,14H2,1-2H3. The molecule has 1 aromatic carbocycles. The van der Waals surface area contributed by atoms with Crippen molar-refractivity contribution in [3.05, 3.63) is 35.4 Å². The van der Waals surface area contributed by atoms with E-state index in [2.05, 4.69) is 38.1 Å². The third-order valence-corrected chi connectivity index (χ3v) is 2.18. The van der Waals surface area contributed by atoms with Gasteiger partial charge in [-0.05, 0) is 30.0 Å². The number of nitrogens with two attached hydrogens (primary N) is 1. The molecule has 2 heteroatoms. The van der Waals surface area contributed by atoms with Crippen molar-refractivity contribution in [3.63, 3.8) is 0 Å². The Labute approximate surface area is 92.4 Å². The predicted molar refractivity (Wildman–Crippen MR) is 63.7 cm³/mol. The average Bonchev–Trinajstić information content (AvgIpc) is 2.20. The second-order valence-electron chi connectivity index (χ2n) is 4.26. The Balaban J connectivity index is 2.36. The van der Waals surface area contributed by atoms with Crippen molar-refractivity contribution in [2.24, 2.45) is 11.7 Å². The number of hydrogen-bond donors (Lipinski definition) is 1. The molecule has 0 fully saturated rings. The van der Waals surface area contributed by atoms with E-state index in [0.717, 1.165) is 13.0 Å². The molecular weight excluding hydrogens is 186 g/mol. The summed E-state index contributed by atoms with van der Waals surface area (Å²) in [6.07, 6.45) is 0.952. The Morgan fingerprint density at radius 3 is 2.27 bits per heavy atom. The van der Waals surface area contributed by atoms with Crippen LogP contribution in [0.5, 0.6) is 0 Å². The number of ether oxygens (including phenoxy) is 1. The maximum Gasteiger partial charge on any atom is 0.0717 e. The Morgan fingerprint density at radius 1 is 1.13 bits per heavy atom. The van der Waals surface area contributed by atoms with Gasteiger partial charge < -0.3 is 10.5 Å². The SMILES string of the molecule is CC(C)COCc1ccc(CCN)cc1. The van der Waals surface area contributed by atoms with Crippen molar-refractivity contribution >= 4 is 0 Å². The monoisotopic (exact) mass is 207 g/mol. The normalized spacial score (nSPS) is 10.9. The molecule has 2 N–H and O–H groups in total. The lowest BCUT2D eigenvalue weighted by molar-refractivity contribution is 0.0971. The first-order valence-corrected chi connectivity index (χ1v) is 5.58. The molecule has 0 spiro atoms. The minimum atomic E-state index is 0.599. The lowest BCUT2D eigenvalue weighted by atomic mass is 10.1. The highest BCUT2D eigenvalue weighted by Gasteiger charge is 1.96. The zero-order valence-electron chi connectivity index (χ0n) is 9.70. The molecule has 0 heterocycles. The fraction of sp³-hybridized carbons (Fsp3) is 0.538. The second-order valence-corrected chi connectivity index (χ2v) is 4.26. The summed E-state index contributed by atoms with van der Waals surface area (Å²) in [5.74, 6) is 0.599. The molecule has 1 rings (SSSR count). The van der Waals surface area contributed by atoms with Gasteiger partial charge in [0.05, 0.1) is 6.61 Å². The van der Waals surface area contributed by atoms with Gasteiger partial charge in [-0.25, -0.2) is 0 Å². The van der Waals surface area contributed by atoms with Gasteiger partial charge in [0.1, 0.15) is 0 Å². The first kappa shape index (κ1) is 12.2. The van der Waals surface area contributed by atoms with Crippen LogP contribution in [0.1, 0.15) is 25.0 Å². The van der Waals surface area contributed by atoms with Crippen molar-refractivity contribution in [3.8, 4) is 0 Å². The summed E-state index contributed by atoms with van der Waals surface area (Å²) in [6.45, 7) is 6.56. The van der Waals surface area contributed by atoms with Gasteiger partial charge in [0, 0.05) is 6.61 Å². The topological polar surface area (TPSA) is 35.2 Å². The molecule has 0 radical (unpaired) electrons. The lowest BCUT2D eigenvalue weighted by Gasteiger charge is -2.07. The molecule has 15 heavy (non-hydrogen) atoms. The molecule has 0 unspecified atom stereocenters. The third-order valence-electron chi connectivity index (χ3n) is 2.18. The first-order valence-electron chi connectivity index (χ1n) is 5.58. The zero-order valence-corrected chi connectivity index (χ0v) is 9.70. The zero-order chi connectivity index (χ0) is 11.1. The predicted octanol–water partition coefficient (Wildman–Crippen LogP) is 2.36. The Morgan fingerprint density at radius 2 is 1.73 bits per heavy atom. The molecule has 0 saturated heterocycles. The largest absolute Gasteiger partial charge is 0.377 e. The number of hydrogen-bond acceptors (Lipinski definition) is 2. The minimum absolute atomic E-state index is 0.599. The van der Waals surface area contributed by atoms with Crippen LogP contribution in [0.2, 0.25) is 0 Å². The third kappa shape index (κ3) is 4.96. The van der Waals surface area contributed by atoms with E-state index in [1.165, 1.54) is 11.1 Å². The van der Waals surface area contributed by atoms with E-state index in [1.807, 2.05) is 0 Å². The van der Waals surface area contributed by atoms with Crippen LogP contribution < -0.4 is 5.73 Å². The van der Waals surface area contributed by atoms with E-state index in [-0.39, 0.29) is 0 Å². The molecule has 0 aliphatic carbocycles. The molecule has 0 aromatic heterocycles. The minimum Gasteiger partial charge on any atom is -0.377 e. The molecule has 0 amide bonds. The van der Waals surface area contributed by atoms with Gasteiger partial charge in [0.25, 0.3) is 0 Å². The van der Waals surface area contributed by atoms with Gasteiger partial charge in [-0.3, -0.25) is 0 Å². The van der Waals surface area contributed by atoms with Crippen molar-refractivity contribution in [1.82, 2.24) is 0 Å². The molecule has 0 aliphatic rings. The van der Waals surface area contributed by atoms with Crippen molar-refractivity contribution in [2.75, 3.05) is 13.2 Å². The highest BCUT2D eigenvalue weighted by atomic mass is 16.5. The van der Waals surface area contributed by atoms with Gasteiger partial charge in [-0.1, -0.05) is 38.1 Å². The highest BCUT2D eigenvalue weighted by molar-refractivity contribution is 5.22. The summed E-state index contributed by atoms with van der Waals surface area (Å²) in [4.78, 5) is 0. The maximum absolute atomic E-state index is 5.56. The van der Waals surface area contributed by atoms with E-state index in [4.69, 9.17) is 10.5 Å². The van der Waals surface area contributed by atoms with Crippen LogP contribution in [-0.4, -0.2) is 13.2 Å². The maximum atomic E-state index is 5.56. The van der Waals surface area contributed by atoms with Gasteiger partial charge in [-0.2, -0.15) is 0 Å². The summed E-state index contributed by atoms with van der Waals surface area (Å²) in [5, 5.41) is 0. The van der Waals surface area contributed by atoms with E-state index in [0.29, 0.717) is 19.1 Å². The van der Waals surface area contributed by atoms with Crippen LogP contribution >= 0.6 is 0 Å². The molecule has 0 aliphatic heterocycles. The molecular formula is C13H21NO. The van der Waals surface area contributed by atoms with Crippen LogP contribution in [0.3, 0.4) is 0 Å². The summed E-state index contributed by atoms with van der Waals surface area (Å²) >= 11 is 0. The van der Waals surface area contributed by atoms with E-state index in [1.54, 1.807) is 0 Å². The smallest absolute Gasteiger partial charge is 0.0717 e. The summed E-state index contributed by atoms with van der Waals surface area (Å²) in [5.41, 5.74) is 8.02. The molecule has 0 saturated carbocycles. The van der Waals surface area contributed by atoms with Crippen LogP contribution in [-0.2, 0) is 17.8 Å². The number of rotatable bonds is 6. The van der Waals surface area contributed by atoms with Crippen LogP contribution in [0, 0.1) is 5.92 Å². The van der Waals surface area contributed by atoms with Crippen molar-refractivity contribution < 1.29 is 4.74 Å². The van der Waals surface area contributed by atoms with Crippen LogP contribution in [0.15, 0.2) is 24.3 Å². The van der Waals surface area contributed by atoms with Crippen molar-refractivity contribution in [1.29, 1.82) is 0 Å². The van der Waals surface area contributed by atoms with Gasteiger partial charge in [0.15, 0.2) is 0 Å². The van der Waals surface area contributed by atoms with Crippen LogP contribution in [0.25, 0.3) is 0 Å². The van der Waals surface area contributed by atoms with E-state index >= 15 is 0 Å². The van der Waals surface area contributed by atoms with Gasteiger partial charge >= 0.3 is 0 Å². The van der Waals surface area contributed by atoms with E-state index < -0.39 is 0 Å². The second kappa shape index (κ2) is 6.59. The van der Waals surface area contributed by atoms with Crippen molar-refractivity contribution in [2.45, 2.75) is 26.9 Å². The first-order chi connectivity index (χ1) is 7.22. The van der Waals surface area contributed by atoms with E-state index in [9.17, 15) is 0 Å². The Hall–Kier alpha value is -0.860. The molecule has 1 aromatic rings. The Bertz CT molecular complexity index is 266. The highest BCUT2D eigenvalue weighted by Crippen LogP contribution is 2.06. The summed E-state index contributed by atoms with van der Waals surface area (Å²) in [6, 6.07) is 8.48. The van der Waals surface area contributed by atoms with Crippen LogP contribution in [0.4, 0.5) is 0 Å². The average molecular weight is 207 g/mol. The fourth-order valence-corrected chi connectivity index (χ4v) is 1.38. The summed E-state index contributed by atoms with van der Waals surface area (Å²) < 4.78 is 5.56. The Kier molecular flexibility index (Phi) is 5.37. The lowest BCUT2D eigenvalue weighted by Crippen LogP contribution is -2.03. The van der Waals surface area contributed by atoms with Gasteiger partial charge in [0.2, 0.25) is 0 Å². The number of benzene rings is 1. The molecule has 0 bridgehead atoms. The quantitative estimate of drug-likeness (QED) is 0.777. The van der Waals surface area contributed by atoms with Gasteiger partial charge in [-0.15, -0.1) is 0 Å². The fourth-order valence-electron chi connectivity index (χ4n) is 1.38. The molecule has 2 nitrogen and oxygen atoms in total.